The number of nitrogens with one attached hydrogen (secondary N) is 2. The molecular formula is C16H24N2O2S. The lowest BCUT2D eigenvalue weighted by Crippen LogP contribution is -2.31. The third-order valence-electron chi connectivity index (χ3n) is 3.53. The Morgan fingerprint density at radius 2 is 2.14 bits per heavy atom. The molecular weight excluding hydrogens is 284 g/mol. The van der Waals surface area contributed by atoms with Crippen LogP contribution in [0.4, 0.5) is 0 Å². The van der Waals surface area contributed by atoms with Crippen molar-refractivity contribution in [3.05, 3.63) is 35.4 Å². The smallest absolute Gasteiger partial charge is 0.230 e. The van der Waals surface area contributed by atoms with Gasteiger partial charge in [-0.25, -0.2) is 0 Å². The topological polar surface area (TPSA) is 50.4 Å². The van der Waals surface area contributed by atoms with E-state index in [1.165, 1.54) is 0 Å². The summed E-state index contributed by atoms with van der Waals surface area (Å²) in [6, 6.07) is 8.13. The molecule has 1 aliphatic rings. The third kappa shape index (κ3) is 6.08. The van der Waals surface area contributed by atoms with E-state index in [1.807, 2.05) is 18.2 Å². The van der Waals surface area contributed by atoms with Crippen LogP contribution in [0.15, 0.2) is 24.3 Å². The average Bonchev–Trinajstić information content (AvgIpc) is 2.53. The molecule has 0 unspecified atom stereocenters. The van der Waals surface area contributed by atoms with Gasteiger partial charge in [-0.05, 0) is 37.1 Å². The second kappa shape index (κ2) is 9.07. The highest BCUT2D eigenvalue weighted by Crippen LogP contribution is 2.19. The van der Waals surface area contributed by atoms with Crippen LogP contribution in [0.3, 0.4) is 0 Å². The molecule has 1 aromatic rings. The fourth-order valence-corrected chi connectivity index (χ4v) is 3.46. The first-order chi connectivity index (χ1) is 10.3. The molecule has 0 saturated carbocycles. The quantitative estimate of drug-likeness (QED) is 0.808. The Morgan fingerprint density at radius 3 is 2.90 bits per heavy atom. The molecule has 0 spiro atoms. The molecule has 2 rings (SSSR count). The van der Waals surface area contributed by atoms with Crippen LogP contribution in [0, 0.1) is 0 Å². The Hall–Kier alpha value is -1.04. The molecule has 116 valence electrons. The van der Waals surface area contributed by atoms with Gasteiger partial charge in [-0.3, -0.25) is 4.79 Å². The Labute approximate surface area is 131 Å². The van der Waals surface area contributed by atoms with Crippen molar-refractivity contribution in [1.82, 2.24) is 10.6 Å². The van der Waals surface area contributed by atoms with E-state index in [0.717, 1.165) is 37.1 Å². The van der Waals surface area contributed by atoms with Gasteiger partial charge >= 0.3 is 0 Å². The Bertz CT molecular complexity index is 448. The number of ether oxygens (including phenoxy) is 1. The summed E-state index contributed by atoms with van der Waals surface area (Å²) in [7, 11) is 1.69. The van der Waals surface area contributed by atoms with E-state index in [2.05, 4.69) is 16.7 Å². The number of benzene rings is 1. The minimum atomic E-state index is 0.121. The zero-order chi connectivity index (χ0) is 14.9. The van der Waals surface area contributed by atoms with Gasteiger partial charge in [-0.15, -0.1) is 11.8 Å². The first-order valence-corrected chi connectivity index (χ1v) is 8.48. The summed E-state index contributed by atoms with van der Waals surface area (Å²) < 4.78 is 5.12. The van der Waals surface area contributed by atoms with Gasteiger partial charge in [0.2, 0.25) is 5.91 Å². The van der Waals surface area contributed by atoms with Crippen LogP contribution < -0.4 is 10.6 Å². The van der Waals surface area contributed by atoms with Gasteiger partial charge in [0.1, 0.15) is 0 Å². The van der Waals surface area contributed by atoms with Crippen molar-refractivity contribution in [2.45, 2.75) is 31.2 Å². The van der Waals surface area contributed by atoms with Crippen molar-refractivity contribution >= 4 is 17.7 Å². The van der Waals surface area contributed by atoms with Crippen LogP contribution in [0.25, 0.3) is 0 Å². The normalized spacial score (nSPS) is 15.9. The maximum Gasteiger partial charge on any atom is 0.230 e. The van der Waals surface area contributed by atoms with Crippen LogP contribution in [0.1, 0.15) is 24.0 Å². The molecule has 0 aromatic heterocycles. The Balaban J connectivity index is 1.69. The van der Waals surface area contributed by atoms with Gasteiger partial charge in [0.25, 0.3) is 0 Å². The molecule has 1 fully saturated rings. The van der Waals surface area contributed by atoms with Gasteiger partial charge in [0.05, 0.1) is 12.4 Å². The molecule has 1 amide bonds. The number of hydrogen-bond acceptors (Lipinski definition) is 4. The van der Waals surface area contributed by atoms with Crippen molar-refractivity contribution in [1.29, 1.82) is 0 Å². The predicted octanol–water partition coefficient (Wildman–Crippen LogP) is 1.93. The lowest BCUT2D eigenvalue weighted by atomic mass is 10.1. The van der Waals surface area contributed by atoms with E-state index in [0.29, 0.717) is 24.2 Å². The van der Waals surface area contributed by atoms with Gasteiger partial charge in [0, 0.05) is 18.9 Å². The van der Waals surface area contributed by atoms with Crippen LogP contribution >= 0.6 is 11.8 Å². The number of hydrogen-bond donors (Lipinski definition) is 2. The molecule has 1 saturated heterocycles. The molecule has 1 aromatic carbocycles. The Morgan fingerprint density at radius 1 is 1.38 bits per heavy atom. The fourth-order valence-electron chi connectivity index (χ4n) is 2.40. The standard InChI is InChI=1S/C16H24N2O2S/c1-20-11-14-4-2-3-13(9-14)10-18-16(19)12-21-15-5-7-17-8-6-15/h2-4,9,15,17H,5-8,10-12H2,1H3,(H,18,19). The van der Waals surface area contributed by atoms with E-state index in [1.54, 1.807) is 18.9 Å². The van der Waals surface area contributed by atoms with Gasteiger partial charge in [-0.2, -0.15) is 0 Å². The number of carbonyl (C=O) groups excluding carboxylic acids is 1. The average molecular weight is 308 g/mol. The van der Waals surface area contributed by atoms with E-state index in [-0.39, 0.29) is 5.91 Å². The predicted molar refractivity (Wildman–Crippen MR) is 87.4 cm³/mol. The molecule has 0 bridgehead atoms. The number of carbonyl (C=O) groups is 1. The van der Waals surface area contributed by atoms with E-state index in [4.69, 9.17) is 4.74 Å². The second-order valence-electron chi connectivity index (χ2n) is 5.29. The number of piperidine rings is 1. The summed E-state index contributed by atoms with van der Waals surface area (Å²) in [5.41, 5.74) is 2.25. The van der Waals surface area contributed by atoms with Crippen molar-refractivity contribution in [2.75, 3.05) is 26.0 Å². The lowest BCUT2D eigenvalue weighted by Gasteiger charge is -2.21. The largest absolute Gasteiger partial charge is 0.380 e. The van der Waals surface area contributed by atoms with E-state index in [9.17, 15) is 4.79 Å². The lowest BCUT2D eigenvalue weighted by molar-refractivity contribution is -0.118. The van der Waals surface area contributed by atoms with Crippen molar-refractivity contribution in [3.63, 3.8) is 0 Å². The molecule has 5 heteroatoms. The molecule has 0 radical (unpaired) electrons. The third-order valence-corrected chi connectivity index (χ3v) is 4.90. The first-order valence-electron chi connectivity index (χ1n) is 7.43. The zero-order valence-corrected chi connectivity index (χ0v) is 13.4. The summed E-state index contributed by atoms with van der Waals surface area (Å²) in [6.45, 7) is 3.34. The SMILES string of the molecule is COCc1cccc(CNC(=O)CSC2CCNCC2)c1. The molecule has 0 atom stereocenters. The highest BCUT2D eigenvalue weighted by Gasteiger charge is 2.14. The van der Waals surface area contributed by atoms with Crippen molar-refractivity contribution in [3.8, 4) is 0 Å². The summed E-state index contributed by atoms with van der Waals surface area (Å²) in [5, 5.41) is 6.96. The minimum Gasteiger partial charge on any atom is -0.380 e. The molecule has 0 aliphatic carbocycles. The van der Waals surface area contributed by atoms with Crippen LogP contribution in [0.2, 0.25) is 0 Å². The first kappa shape index (κ1) is 16.3. The van der Waals surface area contributed by atoms with Gasteiger partial charge in [-0.1, -0.05) is 24.3 Å². The van der Waals surface area contributed by atoms with E-state index < -0.39 is 0 Å². The summed E-state index contributed by atoms with van der Waals surface area (Å²) in [6.07, 6.45) is 2.33. The van der Waals surface area contributed by atoms with E-state index >= 15 is 0 Å². The highest BCUT2D eigenvalue weighted by molar-refractivity contribution is 8.00. The highest BCUT2D eigenvalue weighted by atomic mass is 32.2. The molecule has 2 N–H and O–H groups in total. The second-order valence-corrected chi connectivity index (χ2v) is 6.58. The maximum atomic E-state index is 11.9. The molecule has 1 aliphatic heterocycles. The minimum absolute atomic E-state index is 0.121. The van der Waals surface area contributed by atoms with Crippen LogP contribution in [0.5, 0.6) is 0 Å². The summed E-state index contributed by atoms with van der Waals surface area (Å²) >= 11 is 1.78. The maximum absolute atomic E-state index is 11.9. The number of amides is 1. The fraction of sp³-hybridized carbons (Fsp3) is 0.562. The van der Waals surface area contributed by atoms with Crippen LogP contribution in [-0.2, 0) is 22.7 Å². The number of methoxy groups -OCH3 is 1. The molecule has 21 heavy (non-hydrogen) atoms. The molecule has 1 heterocycles. The molecule has 4 nitrogen and oxygen atoms in total. The number of rotatable bonds is 7. The number of thioether (sulfide) groups is 1. The van der Waals surface area contributed by atoms with Gasteiger partial charge < -0.3 is 15.4 Å². The van der Waals surface area contributed by atoms with Gasteiger partial charge in [0.15, 0.2) is 0 Å². The summed E-state index contributed by atoms with van der Waals surface area (Å²) in [5.74, 6) is 0.679. The monoisotopic (exact) mass is 308 g/mol. The summed E-state index contributed by atoms with van der Waals surface area (Å²) in [4.78, 5) is 11.9. The zero-order valence-electron chi connectivity index (χ0n) is 12.6. The van der Waals surface area contributed by atoms with Crippen molar-refractivity contribution < 1.29 is 9.53 Å². The Kier molecular flexibility index (Phi) is 7.06. The van der Waals surface area contributed by atoms with Crippen molar-refractivity contribution in [2.24, 2.45) is 0 Å². The van der Waals surface area contributed by atoms with Crippen LogP contribution in [-0.4, -0.2) is 37.1 Å².